The lowest BCUT2D eigenvalue weighted by Gasteiger charge is -2.15. The number of alkyl halides is 3. The molecule has 34 heavy (non-hydrogen) atoms. The molecule has 0 saturated heterocycles. The summed E-state index contributed by atoms with van der Waals surface area (Å²) in [6.45, 7) is 0. The Balaban J connectivity index is 2.01. The van der Waals surface area contributed by atoms with E-state index >= 15 is 0 Å². The highest BCUT2D eigenvalue weighted by molar-refractivity contribution is 7.92. The highest BCUT2D eigenvalue weighted by Crippen LogP contribution is 2.37. The summed E-state index contributed by atoms with van der Waals surface area (Å²) in [5.41, 5.74) is -1.55. The van der Waals surface area contributed by atoms with Gasteiger partial charge in [-0.1, -0.05) is 34.8 Å². The summed E-state index contributed by atoms with van der Waals surface area (Å²) in [5.74, 6) is -1.63. The molecule has 1 amide bonds. The summed E-state index contributed by atoms with van der Waals surface area (Å²) in [7, 11) is -3.81. The van der Waals surface area contributed by atoms with Gasteiger partial charge >= 0.3 is 6.18 Å². The van der Waals surface area contributed by atoms with Crippen LogP contribution in [0.2, 0.25) is 15.1 Å². The molecule has 7 nitrogen and oxygen atoms in total. The van der Waals surface area contributed by atoms with E-state index in [2.05, 4.69) is 15.0 Å². The van der Waals surface area contributed by atoms with Crippen molar-refractivity contribution < 1.29 is 31.1 Å². The zero-order valence-corrected chi connectivity index (χ0v) is 20.0. The summed E-state index contributed by atoms with van der Waals surface area (Å²) in [6.07, 6.45) is -2.97. The van der Waals surface area contributed by atoms with Gasteiger partial charge in [0.2, 0.25) is 10.0 Å². The van der Waals surface area contributed by atoms with E-state index < -0.39 is 33.6 Å². The van der Waals surface area contributed by atoms with Gasteiger partial charge in [-0.3, -0.25) is 9.52 Å². The van der Waals surface area contributed by atoms with Crippen LogP contribution in [0.4, 0.5) is 24.5 Å². The van der Waals surface area contributed by atoms with Gasteiger partial charge in [0.25, 0.3) is 5.91 Å². The summed E-state index contributed by atoms with van der Waals surface area (Å²) >= 11 is 17.8. The molecular weight excluding hydrogens is 542 g/mol. The molecule has 3 rings (SSSR count). The number of amides is 1. The lowest BCUT2D eigenvalue weighted by Crippen LogP contribution is -2.18. The van der Waals surface area contributed by atoms with Crippen LogP contribution in [0, 0.1) is 0 Å². The molecule has 2 aromatic carbocycles. The fourth-order valence-corrected chi connectivity index (χ4v) is 3.88. The molecule has 0 spiro atoms. The molecular formula is C20H13Cl3F3N3O4S. The smallest absolute Gasteiger partial charge is 0.437 e. The Hall–Kier alpha value is -2.73. The molecule has 0 unspecified atom stereocenters. The number of sulfonamides is 1. The lowest BCUT2D eigenvalue weighted by molar-refractivity contribution is -0.142. The highest BCUT2D eigenvalue weighted by Gasteiger charge is 2.36. The number of aromatic nitrogens is 1. The number of rotatable bonds is 6. The van der Waals surface area contributed by atoms with Crippen LogP contribution >= 0.6 is 34.8 Å². The van der Waals surface area contributed by atoms with Gasteiger partial charge in [0.15, 0.2) is 11.4 Å². The number of ether oxygens (including phenoxy) is 1. The van der Waals surface area contributed by atoms with E-state index in [-0.39, 0.29) is 37.8 Å². The molecule has 3 aromatic rings. The van der Waals surface area contributed by atoms with Gasteiger partial charge in [0, 0.05) is 11.9 Å². The molecule has 0 aliphatic carbocycles. The third-order valence-corrected chi connectivity index (χ3v) is 5.83. The van der Waals surface area contributed by atoms with Crippen molar-refractivity contribution in [2.45, 2.75) is 6.18 Å². The average molecular weight is 555 g/mol. The number of hydrogen-bond donors (Lipinski definition) is 2. The predicted molar refractivity (Wildman–Crippen MR) is 124 cm³/mol. The molecule has 1 aromatic heterocycles. The summed E-state index contributed by atoms with van der Waals surface area (Å²) < 4.78 is 70.6. The number of halogens is 6. The summed E-state index contributed by atoms with van der Waals surface area (Å²) in [4.78, 5) is 16.2. The van der Waals surface area contributed by atoms with Crippen LogP contribution in [0.25, 0.3) is 0 Å². The topological polar surface area (TPSA) is 97.4 Å². The molecule has 14 heteroatoms. The van der Waals surface area contributed by atoms with Gasteiger partial charge < -0.3 is 10.1 Å². The molecule has 0 aliphatic heterocycles. The van der Waals surface area contributed by atoms with E-state index in [0.717, 1.165) is 30.7 Å². The standard InChI is InChI=1S/C20H13Cl3F3N3O4S/c1-34(31,32)29-15-5-4-11(33-16-3-2-6-27-18(16)20(24,25)26)9-12(15)19(30)28-10-7-13(21)17(23)14(22)8-10/h2-9,29H,1H3,(H,28,30). The lowest BCUT2D eigenvalue weighted by atomic mass is 10.1. The summed E-state index contributed by atoms with van der Waals surface area (Å²) in [6, 6.07) is 8.33. The zero-order valence-electron chi connectivity index (χ0n) is 16.9. The molecule has 0 bridgehead atoms. The minimum Gasteiger partial charge on any atom is -0.455 e. The molecule has 0 aliphatic rings. The Kier molecular flexibility index (Phi) is 7.51. The largest absolute Gasteiger partial charge is 0.455 e. The van der Waals surface area contributed by atoms with E-state index in [9.17, 15) is 26.4 Å². The van der Waals surface area contributed by atoms with Crippen LogP contribution in [0.5, 0.6) is 11.5 Å². The Labute approximate surface area is 206 Å². The highest BCUT2D eigenvalue weighted by atomic mass is 35.5. The minimum atomic E-state index is -4.79. The predicted octanol–water partition coefficient (Wildman–Crippen LogP) is 6.48. The Morgan fingerprint density at radius 3 is 2.29 bits per heavy atom. The molecule has 1 heterocycles. The first-order chi connectivity index (χ1) is 15.7. The van der Waals surface area contributed by atoms with Crippen molar-refractivity contribution in [2.75, 3.05) is 16.3 Å². The van der Waals surface area contributed by atoms with Gasteiger partial charge in [-0.25, -0.2) is 13.4 Å². The Morgan fingerprint density at radius 1 is 1.06 bits per heavy atom. The van der Waals surface area contributed by atoms with Crippen molar-refractivity contribution in [3.05, 3.63) is 75.0 Å². The second-order valence-corrected chi connectivity index (χ2v) is 9.68. The third-order valence-electron chi connectivity index (χ3n) is 4.04. The second-order valence-electron chi connectivity index (χ2n) is 6.74. The van der Waals surface area contributed by atoms with Gasteiger partial charge in [-0.05, 0) is 42.5 Å². The Bertz CT molecular complexity index is 1350. The number of hydrogen-bond acceptors (Lipinski definition) is 5. The quantitative estimate of drug-likeness (QED) is 0.340. The normalized spacial score (nSPS) is 11.7. The molecule has 0 radical (unpaired) electrons. The van der Waals surface area contributed by atoms with Gasteiger partial charge in [-0.2, -0.15) is 13.2 Å². The first kappa shape index (κ1) is 25.9. The third kappa shape index (κ3) is 6.44. The Morgan fingerprint density at radius 2 is 1.71 bits per heavy atom. The zero-order chi connectivity index (χ0) is 25.3. The van der Waals surface area contributed by atoms with Crippen LogP contribution in [0.1, 0.15) is 16.1 Å². The van der Waals surface area contributed by atoms with Crippen LogP contribution < -0.4 is 14.8 Å². The van der Waals surface area contributed by atoms with E-state index in [0.29, 0.717) is 0 Å². The maximum Gasteiger partial charge on any atom is 0.437 e. The van der Waals surface area contributed by atoms with Gasteiger partial charge in [0.05, 0.1) is 32.6 Å². The summed E-state index contributed by atoms with van der Waals surface area (Å²) in [5, 5.41) is 2.63. The first-order valence-electron chi connectivity index (χ1n) is 9.02. The first-order valence-corrected chi connectivity index (χ1v) is 12.0. The van der Waals surface area contributed by atoms with Gasteiger partial charge in [0.1, 0.15) is 5.75 Å². The number of carbonyl (C=O) groups is 1. The van der Waals surface area contributed by atoms with Crippen molar-refractivity contribution in [1.29, 1.82) is 0 Å². The van der Waals surface area contributed by atoms with Crippen LogP contribution in [-0.2, 0) is 16.2 Å². The number of benzene rings is 2. The molecule has 0 saturated carbocycles. The van der Waals surface area contributed by atoms with E-state index in [4.69, 9.17) is 39.5 Å². The number of anilines is 2. The number of nitrogens with zero attached hydrogens (tertiary/aromatic N) is 1. The van der Waals surface area contributed by atoms with E-state index in [1.54, 1.807) is 0 Å². The monoisotopic (exact) mass is 553 g/mol. The SMILES string of the molecule is CS(=O)(=O)Nc1ccc(Oc2cccnc2C(F)(F)F)cc1C(=O)Nc1cc(Cl)c(Cl)c(Cl)c1. The van der Waals surface area contributed by atoms with Crippen molar-refractivity contribution >= 4 is 62.1 Å². The molecule has 0 atom stereocenters. The minimum absolute atomic E-state index is 0.0484. The number of nitrogens with one attached hydrogen (secondary N) is 2. The van der Waals surface area contributed by atoms with E-state index in [1.165, 1.54) is 24.3 Å². The number of carbonyl (C=O) groups excluding carboxylic acids is 1. The van der Waals surface area contributed by atoms with Crippen molar-refractivity contribution in [1.82, 2.24) is 4.98 Å². The average Bonchev–Trinajstić information content (AvgIpc) is 2.71. The molecule has 2 N–H and O–H groups in total. The molecule has 0 fully saturated rings. The van der Waals surface area contributed by atoms with Crippen molar-refractivity contribution in [3.63, 3.8) is 0 Å². The fraction of sp³-hybridized carbons (Fsp3) is 0.100. The number of pyridine rings is 1. The fourth-order valence-electron chi connectivity index (χ4n) is 2.70. The van der Waals surface area contributed by atoms with Crippen LogP contribution in [0.3, 0.4) is 0 Å². The van der Waals surface area contributed by atoms with Crippen LogP contribution in [0.15, 0.2) is 48.7 Å². The maximum atomic E-state index is 13.2. The van der Waals surface area contributed by atoms with Crippen LogP contribution in [-0.4, -0.2) is 25.6 Å². The van der Waals surface area contributed by atoms with Gasteiger partial charge in [-0.15, -0.1) is 0 Å². The van der Waals surface area contributed by atoms with Crippen molar-refractivity contribution in [2.24, 2.45) is 0 Å². The van der Waals surface area contributed by atoms with Crippen molar-refractivity contribution in [3.8, 4) is 11.5 Å². The second kappa shape index (κ2) is 9.87. The maximum absolute atomic E-state index is 13.2. The van der Waals surface area contributed by atoms with E-state index in [1.807, 2.05) is 0 Å². The molecule has 180 valence electrons.